The van der Waals surface area contributed by atoms with Gasteiger partial charge in [-0.05, 0) is 0 Å². The highest BCUT2D eigenvalue weighted by Gasteiger charge is 2.34. The van der Waals surface area contributed by atoms with Crippen LogP contribution in [0.15, 0.2) is 0 Å². The van der Waals surface area contributed by atoms with Crippen LogP contribution in [0.3, 0.4) is 0 Å². The standard InChI is InChI=1S/C6H7F3N3O/c1-13-3-2-12-10-4-5(11-12)6(7,8)9/h2-3H2,1H3. The number of rotatable bonds is 3. The van der Waals surface area contributed by atoms with Crippen LogP contribution in [0.1, 0.15) is 5.69 Å². The van der Waals surface area contributed by atoms with E-state index in [9.17, 15) is 13.2 Å². The molecule has 0 aliphatic heterocycles. The highest BCUT2D eigenvalue weighted by atomic mass is 19.4. The Hall–Kier alpha value is -1.11. The zero-order chi connectivity index (χ0) is 9.90. The molecule has 0 aliphatic rings. The Labute approximate surface area is 72.3 Å². The van der Waals surface area contributed by atoms with Crippen LogP contribution in [0.5, 0.6) is 0 Å². The van der Waals surface area contributed by atoms with Crippen molar-refractivity contribution in [2.45, 2.75) is 12.7 Å². The van der Waals surface area contributed by atoms with Crippen LogP contribution in [-0.4, -0.2) is 28.7 Å². The molecule has 4 nitrogen and oxygen atoms in total. The highest BCUT2D eigenvalue weighted by Crippen LogP contribution is 2.25. The van der Waals surface area contributed by atoms with E-state index in [0.29, 0.717) is 0 Å². The average Bonchev–Trinajstić information content (AvgIpc) is 2.47. The third-order valence-electron chi connectivity index (χ3n) is 1.25. The van der Waals surface area contributed by atoms with Gasteiger partial charge in [-0.3, -0.25) is 0 Å². The molecule has 1 aromatic rings. The predicted molar refractivity (Wildman–Crippen MR) is 35.7 cm³/mol. The van der Waals surface area contributed by atoms with Gasteiger partial charge in [0.05, 0.1) is 13.2 Å². The molecule has 0 saturated carbocycles. The van der Waals surface area contributed by atoms with Gasteiger partial charge in [0.15, 0.2) is 5.69 Å². The van der Waals surface area contributed by atoms with Crippen LogP contribution in [0, 0.1) is 6.20 Å². The smallest absolute Gasteiger partial charge is 0.383 e. The normalized spacial score (nSPS) is 12.0. The maximum atomic E-state index is 11.9. The Morgan fingerprint density at radius 3 is 2.69 bits per heavy atom. The fourth-order valence-corrected chi connectivity index (χ4v) is 0.658. The lowest BCUT2D eigenvalue weighted by molar-refractivity contribution is -0.141. The molecule has 13 heavy (non-hydrogen) atoms. The number of ether oxygens (including phenoxy) is 1. The molecule has 0 aromatic carbocycles. The van der Waals surface area contributed by atoms with E-state index >= 15 is 0 Å². The molecule has 0 N–H and O–H groups in total. The van der Waals surface area contributed by atoms with Gasteiger partial charge >= 0.3 is 6.18 Å². The van der Waals surface area contributed by atoms with E-state index in [-0.39, 0.29) is 13.2 Å². The van der Waals surface area contributed by atoms with E-state index in [2.05, 4.69) is 14.9 Å². The van der Waals surface area contributed by atoms with Gasteiger partial charge < -0.3 is 4.74 Å². The largest absolute Gasteiger partial charge is 0.437 e. The van der Waals surface area contributed by atoms with Crippen LogP contribution in [0.2, 0.25) is 0 Å². The van der Waals surface area contributed by atoms with Crippen LogP contribution >= 0.6 is 0 Å². The Bertz CT molecular complexity index is 270. The summed E-state index contributed by atoms with van der Waals surface area (Å²) < 4.78 is 40.5. The summed E-state index contributed by atoms with van der Waals surface area (Å²) >= 11 is 0. The van der Waals surface area contributed by atoms with Gasteiger partial charge in [-0.25, -0.2) is 0 Å². The molecule has 0 spiro atoms. The van der Waals surface area contributed by atoms with Gasteiger partial charge in [0.1, 0.15) is 6.20 Å². The summed E-state index contributed by atoms with van der Waals surface area (Å²) in [7, 11) is 1.44. The molecule has 1 rings (SSSR count). The molecule has 0 saturated heterocycles. The van der Waals surface area contributed by atoms with Crippen LogP contribution < -0.4 is 0 Å². The Morgan fingerprint density at radius 1 is 1.54 bits per heavy atom. The van der Waals surface area contributed by atoms with Crippen molar-refractivity contribution in [3.8, 4) is 0 Å². The Kier molecular flexibility index (Phi) is 2.86. The summed E-state index contributed by atoms with van der Waals surface area (Å²) in [5, 5.41) is 6.46. The van der Waals surface area contributed by atoms with Crippen molar-refractivity contribution >= 4 is 0 Å². The van der Waals surface area contributed by atoms with Gasteiger partial charge in [0.2, 0.25) is 0 Å². The first-order valence-electron chi connectivity index (χ1n) is 3.43. The van der Waals surface area contributed by atoms with Crippen molar-refractivity contribution in [3.05, 3.63) is 11.9 Å². The quantitative estimate of drug-likeness (QED) is 0.712. The topological polar surface area (TPSA) is 39.9 Å². The highest BCUT2D eigenvalue weighted by molar-refractivity contribution is 4.94. The van der Waals surface area contributed by atoms with Crippen molar-refractivity contribution in [3.63, 3.8) is 0 Å². The fourth-order valence-electron chi connectivity index (χ4n) is 0.658. The Morgan fingerprint density at radius 2 is 2.23 bits per heavy atom. The average molecular weight is 194 g/mol. The molecule has 0 fully saturated rings. The first-order valence-corrected chi connectivity index (χ1v) is 3.43. The SMILES string of the molecule is COCCn1n[c]c(C(F)(F)F)n1. The Balaban J connectivity index is 2.64. The van der Waals surface area contributed by atoms with Crippen molar-refractivity contribution in [2.75, 3.05) is 13.7 Å². The number of methoxy groups -OCH3 is 1. The molecule has 1 radical (unpaired) electrons. The molecule has 1 heterocycles. The molecule has 0 amide bonds. The number of nitrogens with zero attached hydrogens (tertiary/aromatic N) is 3. The second-order valence-electron chi connectivity index (χ2n) is 2.25. The summed E-state index contributed by atoms with van der Waals surface area (Å²) in [6.07, 6.45) is -2.70. The molecule has 7 heteroatoms. The van der Waals surface area contributed by atoms with Gasteiger partial charge in [-0.1, -0.05) is 0 Å². The van der Waals surface area contributed by atoms with E-state index in [0.717, 1.165) is 4.80 Å². The van der Waals surface area contributed by atoms with Gasteiger partial charge in [-0.2, -0.15) is 23.1 Å². The van der Waals surface area contributed by atoms with E-state index in [1.807, 2.05) is 0 Å². The first kappa shape index (κ1) is 9.97. The number of alkyl halides is 3. The third-order valence-corrected chi connectivity index (χ3v) is 1.25. The summed E-state index contributed by atoms with van der Waals surface area (Å²) in [4.78, 5) is 0.895. The van der Waals surface area contributed by atoms with E-state index < -0.39 is 11.9 Å². The minimum atomic E-state index is -4.48. The lowest BCUT2D eigenvalue weighted by atomic mass is 10.5. The molecular weight excluding hydrogens is 187 g/mol. The molecule has 0 atom stereocenters. The van der Waals surface area contributed by atoms with Crippen molar-refractivity contribution in [1.29, 1.82) is 0 Å². The fraction of sp³-hybridized carbons (Fsp3) is 0.667. The predicted octanol–water partition coefficient (Wildman–Crippen LogP) is 0.743. The molecule has 0 aliphatic carbocycles. The molecular formula is C6H7F3N3O. The van der Waals surface area contributed by atoms with Crippen molar-refractivity contribution in [2.24, 2.45) is 0 Å². The summed E-state index contributed by atoms with van der Waals surface area (Å²) in [5.41, 5.74) is -1.11. The van der Waals surface area contributed by atoms with E-state index in [4.69, 9.17) is 0 Å². The second kappa shape index (κ2) is 3.73. The van der Waals surface area contributed by atoms with Crippen molar-refractivity contribution in [1.82, 2.24) is 15.0 Å². The maximum Gasteiger partial charge on any atom is 0.437 e. The van der Waals surface area contributed by atoms with Crippen LogP contribution in [0.25, 0.3) is 0 Å². The van der Waals surface area contributed by atoms with Gasteiger partial charge in [-0.15, -0.1) is 5.10 Å². The van der Waals surface area contributed by atoms with Gasteiger partial charge in [0.25, 0.3) is 0 Å². The van der Waals surface area contributed by atoms with Gasteiger partial charge in [0, 0.05) is 7.11 Å². The minimum absolute atomic E-state index is 0.184. The van der Waals surface area contributed by atoms with Crippen LogP contribution in [-0.2, 0) is 17.5 Å². The lowest BCUT2D eigenvalue weighted by Gasteiger charge is -1.99. The zero-order valence-corrected chi connectivity index (χ0v) is 6.80. The van der Waals surface area contributed by atoms with E-state index in [1.54, 1.807) is 6.20 Å². The number of hydrogen-bond donors (Lipinski definition) is 0. The second-order valence-corrected chi connectivity index (χ2v) is 2.25. The molecule has 0 unspecified atom stereocenters. The number of aromatic nitrogens is 3. The maximum absolute atomic E-state index is 11.9. The molecule has 73 valence electrons. The minimum Gasteiger partial charge on any atom is -0.383 e. The number of halogens is 3. The van der Waals surface area contributed by atoms with E-state index in [1.165, 1.54) is 7.11 Å². The summed E-state index contributed by atoms with van der Waals surface area (Å²) in [5.74, 6) is 0. The third kappa shape index (κ3) is 2.69. The van der Waals surface area contributed by atoms with Crippen LogP contribution in [0.4, 0.5) is 13.2 Å². The number of hydrogen-bond acceptors (Lipinski definition) is 3. The zero-order valence-electron chi connectivity index (χ0n) is 6.80. The summed E-state index contributed by atoms with van der Waals surface area (Å²) in [6.45, 7) is 0.447. The monoisotopic (exact) mass is 194 g/mol. The van der Waals surface area contributed by atoms with Crippen molar-refractivity contribution < 1.29 is 17.9 Å². The lowest BCUT2D eigenvalue weighted by Crippen LogP contribution is -2.10. The molecule has 0 bridgehead atoms. The first-order chi connectivity index (χ1) is 6.04. The molecule has 1 aromatic heterocycles. The summed E-state index contributed by atoms with van der Waals surface area (Å²) in [6, 6.07) is 0.